The molecule has 3 aliphatic carbocycles. The van der Waals surface area contributed by atoms with E-state index < -0.39 is 0 Å². The van der Waals surface area contributed by atoms with Gasteiger partial charge < -0.3 is 9.80 Å². The van der Waals surface area contributed by atoms with E-state index in [1.165, 1.54) is 132 Å². The summed E-state index contributed by atoms with van der Waals surface area (Å²) in [6.07, 6.45) is 7.13. The van der Waals surface area contributed by atoms with Gasteiger partial charge in [-0.2, -0.15) is 0 Å². The molecule has 0 N–H and O–H groups in total. The van der Waals surface area contributed by atoms with Crippen molar-refractivity contribution >= 4 is 65.6 Å². The molecule has 3 aliphatic rings. The molecule has 0 atom stereocenters. The van der Waals surface area contributed by atoms with Crippen molar-refractivity contribution in [1.82, 2.24) is 0 Å². The third-order valence-electron chi connectivity index (χ3n) is 16.5. The number of hydrogen-bond acceptors (Lipinski definition) is 3. The summed E-state index contributed by atoms with van der Waals surface area (Å²) in [7, 11) is 0. The van der Waals surface area contributed by atoms with Crippen molar-refractivity contribution in [2.24, 2.45) is 0 Å². The Morgan fingerprint density at radius 1 is 0.359 bits per heavy atom. The van der Waals surface area contributed by atoms with Crippen molar-refractivity contribution < 1.29 is 0 Å². The van der Waals surface area contributed by atoms with Crippen LogP contribution in [0, 0.1) is 6.92 Å². The SMILES string of the molecule is Cc1cc(N(c2ccc3c(c2)C(C)(C)CCC3(C)C)c2ccc3c(c2)C(C)(C)CCC3(C)C)cc(N(c2ccc3c(c2)C(C)(C)CCC3(C)C)c2cccc3sc4ccccc4c23)c1. The number of anilines is 6. The number of aryl methyl sites for hydroxylation is 1. The summed E-state index contributed by atoms with van der Waals surface area (Å²) in [6, 6.07) is 45.5. The molecule has 2 nitrogen and oxygen atoms in total. The fourth-order valence-corrected chi connectivity index (χ4v) is 13.1. The van der Waals surface area contributed by atoms with E-state index in [0.29, 0.717) is 0 Å². The van der Waals surface area contributed by atoms with Gasteiger partial charge in [0.05, 0.1) is 5.69 Å². The van der Waals surface area contributed by atoms with E-state index in [0.717, 1.165) is 0 Å². The minimum atomic E-state index is 0.0752. The Kier molecular flexibility index (Phi) is 9.80. The van der Waals surface area contributed by atoms with Crippen LogP contribution < -0.4 is 9.80 Å². The molecule has 0 unspecified atom stereocenters. The summed E-state index contributed by atoms with van der Waals surface area (Å²) in [6.45, 7) is 31.6. The van der Waals surface area contributed by atoms with Crippen molar-refractivity contribution in [3.8, 4) is 0 Å². The summed E-state index contributed by atoms with van der Waals surface area (Å²) in [4.78, 5) is 5.18. The van der Waals surface area contributed by atoms with E-state index in [-0.39, 0.29) is 32.5 Å². The van der Waals surface area contributed by atoms with Gasteiger partial charge in [0.15, 0.2) is 0 Å². The van der Waals surface area contributed by atoms with Crippen LogP contribution in [-0.4, -0.2) is 0 Å². The quantitative estimate of drug-likeness (QED) is 0.164. The zero-order valence-corrected chi connectivity index (χ0v) is 41.8. The molecule has 330 valence electrons. The molecule has 0 saturated heterocycles. The number of fused-ring (bicyclic) bond motifs is 6. The molecule has 1 aromatic heterocycles. The summed E-state index contributed by atoms with van der Waals surface area (Å²) < 4.78 is 2.64. The maximum absolute atomic E-state index is 2.59. The van der Waals surface area contributed by atoms with Gasteiger partial charge in [0.1, 0.15) is 0 Å². The van der Waals surface area contributed by atoms with Gasteiger partial charge in [0, 0.05) is 48.6 Å². The maximum atomic E-state index is 2.59. The Morgan fingerprint density at radius 3 is 1.22 bits per heavy atom. The standard InChI is InChI=1S/C61H70N2S/c1-39-33-43(62(40-21-24-46-49(36-40)59(8,9)30-27-56(46,2)3)41-22-25-47-50(37-41)60(10,11)31-28-57(47,4)5)35-44(34-39)63(42-23-26-48-51(38-42)61(12,13)32-29-58(48,6)7)52-18-16-20-54-55(52)45-17-14-15-19-53(45)64-54/h14-26,33-38H,27-32H2,1-13H3. The molecule has 7 aromatic rings. The number of hydrogen-bond donors (Lipinski definition) is 0. The lowest BCUT2D eigenvalue weighted by atomic mass is 9.63. The van der Waals surface area contributed by atoms with E-state index in [9.17, 15) is 0 Å². The largest absolute Gasteiger partial charge is 0.310 e. The first kappa shape index (κ1) is 43.1. The van der Waals surface area contributed by atoms with E-state index in [4.69, 9.17) is 0 Å². The molecular formula is C61H70N2S. The Balaban J connectivity index is 1.24. The first-order chi connectivity index (χ1) is 30.1. The molecule has 64 heavy (non-hydrogen) atoms. The van der Waals surface area contributed by atoms with Gasteiger partial charge in [-0.3, -0.25) is 0 Å². The highest BCUT2D eigenvalue weighted by atomic mass is 32.1. The highest BCUT2D eigenvalue weighted by Gasteiger charge is 2.41. The molecule has 3 heteroatoms. The van der Waals surface area contributed by atoms with Crippen LogP contribution in [0.1, 0.15) is 161 Å². The third-order valence-corrected chi connectivity index (χ3v) is 17.6. The average Bonchev–Trinajstić information content (AvgIpc) is 3.63. The van der Waals surface area contributed by atoms with E-state index >= 15 is 0 Å². The topological polar surface area (TPSA) is 6.48 Å². The molecule has 0 radical (unpaired) electrons. The lowest BCUT2D eigenvalue weighted by Crippen LogP contribution is -2.34. The summed E-state index contributed by atoms with van der Waals surface area (Å²) in [5, 5.41) is 2.63. The number of rotatable bonds is 6. The lowest BCUT2D eigenvalue weighted by molar-refractivity contribution is 0.332. The van der Waals surface area contributed by atoms with E-state index in [1.807, 2.05) is 11.3 Å². The lowest BCUT2D eigenvalue weighted by Gasteiger charge is -2.43. The van der Waals surface area contributed by atoms with Crippen molar-refractivity contribution in [3.63, 3.8) is 0 Å². The minimum absolute atomic E-state index is 0.0752. The smallest absolute Gasteiger partial charge is 0.0554 e. The van der Waals surface area contributed by atoms with Crippen LogP contribution in [0.25, 0.3) is 20.2 Å². The van der Waals surface area contributed by atoms with Crippen molar-refractivity contribution in [3.05, 3.63) is 154 Å². The molecule has 1 heterocycles. The molecule has 0 spiro atoms. The first-order valence-electron chi connectivity index (χ1n) is 24.1. The monoisotopic (exact) mass is 863 g/mol. The van der Waals surface area contributed by atoms with Crippen LogP contribution in [0.3, 0.4) is 0 Å². The zero-order chi connectivity index (χ0) is 45.4. The second kappa shape index (κ2) is 14.6. The fourth-order valence-electron chi connectivity index (χ4n) is 12.0. The van der Waals surface area contributed by atoms with Gasteiger partial charge in [-0.15, -0.1) is 11.3 Å². The zero-order valence-electron chi connectivity index (χ0n) is 41.0. The molecule has 0 amide bonds. The highest BCUT2D eigenvalue weighted by Crippen LogP contribution is 2.54. The van der Waals surface area contributed by atoms with E-state index in [1.54, 1.807) is 0 Å². The van der Waals surface area contributed by atoms with Crippen LogP contribution in [0.5, 0.6) is 0 Å². The Labute approximate surface area is 388 Å². The van der Waals surface area contributed by atoms with E-state index in [2.05, 4.69) is 215 Å². The molecule has 0 saturated carbocycles. The van der Waals surface area contributed by atoms with Crippen LogP contribution in [0.15, 0.2) is 115 Å². The van der Waals surface area contributed by atoms with Gasteiger partial charge >= 0.3 is 0 Å². The van der Waals surface area contributed by atoms with Gasteiger partial charge in [-0.25, -0.2) is 0 Å². The molecule has 6 aromatic carbocycles. The Hall–Kier alpha value is -4.86. The Morgan fingerprint density at radius 2 is 0.750 bits per heavy atom. The highest BCUT2D eigenvalue weighted by molar-refractivity contribution is 7.26. The average molecular weight is 863 g/mol. The summed E-state index contributed by atoms with van der Waals surface area (Å²) in [5.74, 6) is 0. The third kappa shape index (κ3) is 7.02. The summed E-state index contributed by atoms with van der Waals surface area (Å²) in [5.41, 5.74) is 18.0. The van der Waals surface area contributed by atoms with Gasteiger partial charge in [-0.05, 0) is 190 Å². The molecule has 0 bridgehead atoms. The van der Waals surface area contributed by atoms with Crippen LogP contribution in [0.4, 0.5) is 34.1 Å². The van der Waals surface area contributed by atoms with Crippen LogP contribution in [0.2, 0.25) is 0 Å². The second-order valence-corrected chi connectivity index (χ2v) is 25.0. The van der Waals surface area contributed by atoms with Crippen molar-refractivity contribution in [1.29, 1.82) is 0 Å². The predicted molar refractivity (Wildman–Crippen MR) is 279 cm³/mol. The van der Waals surface area contributed by atoms with Gasteiger partial charge in [0.2, 0.25) is 0 Å². The number of nitrogens with zero attached hydrogens (tertiary/aromatic N) is 2. The summed E-state index contributed by atoms with van der Waals surface area (Å²) >= 11 is 1.90. The van der Waals surface area contributed by atoms with Crippen LogP contribution in [-0.2, 0) is 32.5 Å². The van der Waals surface area contributed by atoms with Crippen molar-refractivity contribution in [2.45, 2.75) is 161 Å². The first-order valence-corrected chi connectivity index (χ1v) is 25.0. The molecule has 10 rings (SSSR count). The molecule has 0 aliphatic heterocycles. The normalized spacial score (nSPS) is 19.7. The number of thiophene rings is 1. The molecule has 0 fully saturated rings. The van der Waals surface area contributed by atoms with Crippen molar-refractivity contribution in [2.75, 3.05) is 9.80 Å². The minimum Gasteiger partial charge on any atom is -0.310 e. The fraction of sp³-hybridized carbons (Fsp3) is 0.410. The number of benzene rings is 6. The van der Waals surface area contributed by atoms with Gasteiger partial charge in [-0.1, -0.05) is 126 Å². The maximum Gasteiger partial charge on any atom is 0.0554 e. The molecular weight excluding hydrogens is 793 g/mol. The van der Waals surface area contributed by atoms with Gasteiger partial charge in [0.25, 0.3) is 0 Å². The Bertz CT molecular complexity index is 2910. The second-order valence-electron chi connectivity index (χ2n) is 23.9. The predicted octanol–water partition coefficient (Wildman–Crippen LogP) is 18.3. The van der Waals surface area contributed by atoms with Crippen LogP contribution >= 0.6 is 11.3 Å².